The number of para-hydroxylation sites is 1. The first-order chi connectivity index (χ1) is 39.5. The van der Waals surface area contributed by atoms with Crippen LogP contribution in [0, 0.1) is 0 Å². The van der Waals surface area contributed by atoms with Gasteiger partial charge in [0.15, 0.2) is 0 Å². The molecule has 374 valence electrons. The summed E-state index contributed by atoms with van der Waals surface area (Å²) in [6.45, 7) is 4.75. The molecular weight excluding hydrogens is 965 g/mol. The lowest BCUT2D eigenvalue weighted by atomic mass is 9.70. The summed E-state index contributed by atoms with van der Waals surface area (Å²) < 4.78 is 2.55. The highest BCUT2D eigenvalue weighted by Crippen LogP contribution is 2.63. The molecule has 0 aliphatic heterocycles. The molecule has 0 atom stereocenters. The topological polar surface area (TPSA) is 8.17 Å². The average Bonchev–Trinajstić information content (AvgIpc) is 4.38. The van der Waals surface area contributed by atoms with Gasteiger partial charge in [0, 0.05) is 44.2 Å². The fraction of sp³-hybridized carbons (Fsp3) is 0.0513. The minimum absolute atomic E-state index is 0.169. The normalized spacial score (nSPS) is 13.8. The summed E-state index contributed by atoms with van der Waals surface area (Å²) in [7, 11) is 0. The monoisotopic (exact) mass is 1020 g/mol. The molecule has 1 heterocycles. The van der Waals surface area contributed by atoms with E-state index in [1.54, 1.807) is 0 Å². The van der Waals surface area contributed by atoms with Crippen molar-refractivity contribution in [1.82, 2.24) is 4.57 Å². The number of hydrogen-bond donors (Lipinski definition) is 0. The minimum Gasteiger partial charge on any atom is -0.310 e. The van der Waals surface area contributed by atoms with Crippen LogP contribution in [0.4, 0.5) is 17.1 Å². The zero-order valence-corrected chi connectivity index (χ0v) is 44.5. The Balaban J connectivity index is 0.875. The highest BCUT2D eigenvalue weighted by atomic mass is 15.1. The molecule has 0 unspecified atom stereocenters. The van der Waals surface area contributed by atoms with Crippen LogP contribution in [0.3, 0.4) is 0 Å². The second-order valence-electron chi connectivity index (χ2n) is 22.7. The molecule has 0 saturated heterocycles. The first-order valence-corrected chi connectivity index (χ1v) is 28.1. The van der Waals surface area contributed by atoms with E-state index in [1.165, 1.54) is 127 Å². The maximum atomic E-state index is 2.55. The van der Waals surface area contributed by atoms with E-state index in [4.69, 9.17) is 0 Å². The van der Waals surface area contributed by atoms with Crippen LogP contribution in [0.25, 0.3) is 105 Å². The number of fused-ring (bicyclic) bond motifs is 21. The van der Waals surface area contributed by atoms with E-state index in [2.05, 4.69) is 302 Å². The Hall–Kier alpha value is -10.0. The maximum absolute atomic E-state index is 2.55. The van der Waals surface area contributed by atoms with Gasteiger partial charge >= 0.3 is 0 Å². The molecule has 1 spiro atoms. The third-order valence-electron chi connectivity index (χ3n) is 18.4. The number of nitrogens with zero attached hydrogens (tertiary/aromatic N) is 2. The Morgan fingerprint density at radius 3 is 1.48 bits per heavy atom. The van der Waals surface area contributed by atoms with Gasteiger partial charge in [-0.2, -0.15) is 0 Å². The highest BCUT2D eigenvalue weighted by molar-refractivity contribution is 6.32. The zero-order valence-electron chi connectivity index (χ0n) is 44.5. The molecule has 3 aliphatic carbocycles. The van der Waals surface area contributed by atoms with Crippen LogP contribution in [0.15, 0.2) is 279 Å². The first kappa shape index (κ1) is 45.0. The van der Waals surface area contributed by atoms with Crippen LogP contribution >= 0.6 is 0 Å². The highest BCUT2D eigenvalue weighted by Gasteiger charge is 2.51. The van der Waals surface area contributed by atoms with Gasteiger partial charge in [0.1, 0.15) is 0 Å². The molecule has 0 N–H and O–H groups in total. The maximum Gasteiger partial charge on any atom is 0.0725 e. The fourth-order valence-electron chi connectivity index (χ4n) is 14.9. The molecule has 3 aliphatic rings. The minimum atomic E-state index is -0.369. The van der Waals surface area contributed by atoms with E-state index in [0.717, 1.165) is 28.3 Å². The Bertz CT molecular complexity index is 4870. The molecule has 17 rings (SSSR count). The summed E-state index contributed by atoms with van der Waals surface area (Å²) in [4.78, 5) is 2.50. The van der Waals surface area contributed by atoms with Crippen LogP contribution in [-0.4, -0.2) is 4.57 Å². The molecule has 0 bridgehead atoms. The largest absolute Gasteiger partial charge is 0.310 e. The van der Waals surface area contributed by atoms with Gasteiger partial charge in [0.2, 0.25) is 0 Å². The van der Waals surface area contributed by atoms with Crippen LogP contribution in [0.5, 0.6) is 0 Å². The second kappa shape index (κ2) is 16.7. The fourth-order valence-corrected chi connectivity index (χ4v) is 14.9. The van der Waals surface area contributed by atoms with Gasteiger partial charge in [-0.05, 0) is 148 Å². The van der Waals surface area contributed by atoms with E-state index in [9.17, 15) is 0 Å². The van der Waals surface area contributed by atoms with Crippen molar-refractivity contribution in [3.05, 3.63) is 312 Å². The van der Waals surface area contributed by atoms with Crippen LogP contribution < -0.4 is 4.90 Å². The van der Waals surface area contributed by atoms with E-state index >= 15 is 0 Å². The quantitative estimate of drug-likeness (QED) is 0.151. The second-order valence-corrected chi connectivity index (χ2v) is 22.7. The zero-order chi connectivity index (χ0) is 52.8. The summed E-state index contributed by atoms with van der Waals surface area (Å²) in [5.41, 5.74) is 27.1. The number of aromatic nitrogens is 1. The van der Waals surface area contributed by atoms with Gasteiger partial charge < -0.3 is 9.47 Å². The molecule has 2 heteroatoms. The van der Waals surface area contributed by atoms with Gasteiger partial charge in [-0.1, -0.05) is 244 Å². The molecule has 2 nitrogen and oxygen atoms in total. The molecule has 0 radical (unpaired) electrons. The molecule has 0 saturated carbocycles. The summed E-state index contributed by atoms with van der Waals surface area (Å²) in [6, 6.07) is 105. The van der Waals surface area contributed by atoms with Crippen molar-refractivity contribution in [1.29, 1.82) is 0 Å². The Labute approximate surface area is 465 Å². The molecule has 14 aromatic rings. The number of benzene rings is 13. The lowest BCUT2D eigenvalue weighted by molar-refractivity contribution is 0.660. The lowest BCUT2D eigenvalue weighted by Gasteiger charge is -2.30. The predicted octanol–water partition coefficient (Wildman–Crippen LogP) is 20.5. The van der Waals surface area contributed by atoms with Gasteiger partial charge in [0.25, 0.3) is 0 Å². The molecule has 80 heavy (non-hydrogen) atoms. The molecule has 13 aromatic carbocycles. The Morgan fingerprint density at radius 2 is 0.787 bits per heavy atom. The van der Waals surface area contributed by atoms with E-state index in [-0.39, 0.29) is 10.8 Å². The van der Waals surface area contributed by atoms with Gasteiger partial charge in [-0.25, -0.2) is 0 Å². The van der Waals surface area contributed by atoms with Gasteiger partial charge in [0.05, 0.1) is 22.1 Å². The number of hydrogen-bond acceptors (Lipinski definition) is 1. The Morgan fingerprint density at radius 1 is 0.300 bits per heavy atom. The van der Waals surface area contributed by atoms with E-state index in [1.807, 2.05) is 0 Å². The smallest absolute Gasteiger partial charge is 0.0725 e. The van der Waals surface area contributed by atoms with Crippen molar-refractivity contribution in [2.45, 2.75) is 24.7 Å². The summed E-state index contributed by atoms with van der Waals surface area (Å²) in [5, 5.41) is 7.48. The van der Waals surface area contributed by atoms with Crippen molar-refractivity contribution < 1.29 is 0 Å². The van der Waals surface area contributed by atoms with Crippen molar-refractivity contribution in [2.75, 3.05) is 4.90 Å². The standard InChI is InChI=1S/C78H52N2/c1-77(2)67-31-15-10-25-58(67)62-43-41-53(47-72(62)77)79(73-35-19-14-22-55(73)50-20-4-3-5-21-50)54-42-44-65-74(48-54)80(76-64-30-9-7-24-57(64)56-23-6-8-29-63(56)75(65)76)52-39-36-49(37-40-52)51-38-45-71-66(46-51)61-28-13-18-34-70(61)78(71)68-32-16-11-26-59(68)60-27-12-17-33-69(60)78/h3-48H,1-2H3. The Kier molecular flexibility index (Phi) is 9.43. The van der Waals surface area contributed by atoms with Gasteiger partial charge in [-0.3, -0.25) is 0 Å². The van der Waals surface area contributed by atoms with Gasteiger partial charge in [-0.15, -0.1) is 0 Å². The third kappa shape index (κ3) is 6.08. The molecular formula is C78H52N2. The van der Waals surface area contributed by atoms with Crippen molar-refractivity contribution >= 4 is 60.4 Å². The SMILES string of the molecule is CC1(C)c2ccccc2-c2ccc(N(c3ccc4c5c6ccccc6c6ccccc6c5n(-c5ccc(-c6ccc7c(c6)-c6ccccc6C76c7ccccc7-c7ccccc76)cc5)c4c3)c3ccccc3-c3ccccc3)cc21. The van der Waals surface area contributed by atoms with E-state index in [0.29, 0.717) is 0 Å². The summed E-state index contributed by atoms with van der Waals surface area (Å²) in [6.07, 6.45) is 0. The van der Waals surface area contributed by atoms with Crippen molar-refractivity contribution in [2.24, 2.45) is 0 Å². The third-order valence-corrected chi connectivity index (χ3v) is 18.4. The van der Waals surface area contributed by atoms with Crippen molar-refractivity contribution in [3.8, 4) is 61.3 Å². The molecule has 1 aromatic heterocycles. The number of anilines is 3. The average molecular weight is 1020 g/mol. The number of rotatable bonds is 6. The predicted molar refractivity (Wildman–Crippen MR) is 335 cm³/mol. The summed E-state index contributed by atoms with van der Waals surface area (Å²) >= 11 is 0. The summed E-state index contributed by atoms with van der Waals surface area (Å²) in [5.74, 6) is 0. The van der Waals surface area contributed by atoms with E-state index < -0.39 is 0 Å². The molecule has 0 amide bonds. The lowest BCUT2D eigenvalue weighted by Crippen LogP contribution is -2.25. The molecule has 0 fully saturated rings. The van der Waals surface area contributed by atoms with Crippen LogP contribution in [0.2, 0.25) is 0 Å². The van der Waals surface area contributed by atoms with Crippen molar-refractivity contribution in [3.63, 3.8) is 0 Å². The van der Waals surface area contributed by atoms with Crippen LogP contribution in [-0.2, 0) is 10.8 Å². The van der Waals surface area contributed by atoms with Crippen LogP contribution in [0.1, 0.15) is 47.2 Å². The first-order valence-electron chi connectivity index (χ1n) is 28.1.